The molecule has 0 aliphatic rings. The highest BCUT2D eigenvalue weighted by Crippen LogP contribution is 2.22. The number of rotatable bonds is 7. The lowest BCUT2D eigenvalue weighted by molar-refractivity contribution is 0.0696. The molecule has 0 amide bonds. The Bertz CT molecular complexity index is 1030. The van der Waals surface area contributed by atoms with Crippen molar-refractivity contribution in [3.63, 3.8) is 0 Å². The number of hydrogen-bond donors (Lipinski definition) is 3. The van der Waals surface area contributed by atoms with Crippen LogP contribution in [-0.2, 0) is 12.8 Å². The summed E-state index contributed by atoms with van der Waals surface area (Å²) in [4.78, 5) is 22.4. The van der Waals surface area contributed by atoms with Crippen LogP contribution in [0.15, 0.2) is 60.7 Å². The molecule has 0 aromatic heterocycles. The van der Waals surface area contributed by atoms with E-state index in [1.165, 1.54) is 17.7 Å². The largest absolute Gasteiger partial charge is 0.478 e. The van der Waals surface area contributed by atoms with E-state index in [2.05, 4.69) is 11.4 Å². The number of carboxylic acids is 2. The molecule has 0 spiro atoms. The van der Waals surface area contributed by atoms with Gasteiger partial charge in [0.05, 0.1) is 11.1 Å². The molecule has 3 aromatic rings. The number of nitrogens with one attached hydrogen (secondary N) is 1. The van der Waals surface area contributed by atoms with E-state index in [1.807, 2.05) is 43.3 Å². The normalized spacial score (nSPS) is 10.6. The standard InChI is InChI=1S/C23H20ClNO4/c1-14-2-3-16(10-21(14)24)5-4-15-6-8-19(9-7-15)25-20-12-17(22(26)27)11-18(13-20)23(28)29/h2-3,6-13,25H,4-5H2,1H3,(H,26,27)(H,28,29). The summed E-state index contributed by atoms with van der Waals surface area (Å²) in [7, 11) is 0. The van der Waals surface area contributed by atoms with Gasteiger partial charge in [0, 0.05) is 16.4 Å². The van der Waals surface area contributed by atoms with Crippen LogP contribution in [0.5, 0.6) is 0 Å². The predicted molar refractivity (Wildman–Crippen MR) is 114 cm³/mol. The Kier molecular flexibility index (Phi) is 6.20. The maximum Gasteiger partial charge on any atom is 0.335 e. The van der Waals surface area contributed by atoms with Crippen molar-refractivity contribution in [1.82, 2.24) is 0 Å². The van der Waals surface area contributed by atoms with E-state index in [9.17, 15) is 19.8 Å². The second kappa shape index (κ2) is 8.80. The third kappa shape index (κ3) is 5.36. The van der Waals surface area contributed by atoms with Crippen LogP contribution in [-0.4, -0.2) is 22.2 Å². The number of carbonyl (C=O) groups is 2. The van der Waals surface area contributed by atoms with Gasteiger partial charge in [0.15, 0.2) is 0 Å². The lowest BCUT2D eigenvalue weighted by Gasteiger charge is -2.10. The molecule has 0 heterocycles. The molecule has 0 fully saturated rings. The number of carboxylic acid groups (broad SMARTS) is 2. The fraction of sp³-hybridized carbons (Fsp3) is 0.130. The summed E-state index contributed by atoms with van der Waals surface area (Å²) in [5, 5.41) is 22.2. The SMILES string of the molecule is Cc1ccc(CCc2ccc(Nc3cc(C(=O)O)cc(C(=O)O)c3)cc2)cc1Cl. The average Bonchev–Trinajstić information content (AvgIpc) is 2.69. The van der Waals surface area contributed by atoms with E-state index in [0.717, 1.165) is 40.7 Å². The summed E-state index contributed by atoms with van der Waals surface area (Å²) >= 11 is 6.17. The van der Waals surface area contributed by atoms with Gasteiger partial charge in [0.1, 0.15) is 0 Å². The second-order valence-corrected chi connectivity index (χ2v) is 7.22. The van der Waals surface area contributed by atoms with Crippen molar-refractivity contribution in [2.24, 2.45) is 0 Å². The fourth-order valence-corrected chi connectivity index (χ4v) is 3.15. The van der Waals surface area contributed by atoms with Gasteiger partial charge in [-0.25, -0.2) is 9.59 Å². The first-order chi connectivity index (χ1) is 13.8. The molecule has 0 aliphatic carbocycles. The van der Waals surface area contributed by atoms with E-state index in [1.54, 1.807) is 0 Å². The van der Waals surface area contributed by atoms with Crippen molar-refractivity contribution in [3.05, 3.63) is 93.5 Å². The summed E-state index contributed by atoms with van der Waals surface area (Å²) in [5.74, 6) is -2.36. The quantitative estimate of drug-likeness (QED) is 0.474. The topological polar surface area (TPSA) is 86.6 Å². The zero-order valence-corrected chi connectivity index (χ0v) is 16.5. The third-order valence-corrected chi connectivity index (χ3v) is 5.02. The molecule has 0 saturated carbocycles. The summed E-state index contributed by atoms with van der Waals surface area (Å²) in [6, 6.07) is 17.8. The van der Waals surface area contributed by atoms with Crippen LogP contribution in [0.25, 0.3) is 0 Å². The second-order valence-electron chi connectivity index (χ2n) is 6.81. The van der Waals surface area contributed by atoms with Gasteiger partial charge in [-0.15, -0.1) is 0 Å². The van der Waals surface area contributed by atoms with Gasteiger partial charge in [-0.2, -0.15) is 0 Å². The summed E-state index contributed by atoms with van der Waals surface area (Å²) in [5.41, 5.74) is 4.37. The van der Waals surface area contributed by atoms with Gasteiger partial charge < -0.3 is 15.5 Å². The molecule has 3 N–H and O–H groups in total. The summed E-state index contributed by atoms with van der Waals surface area (Å²) < 4.78 is 0. The Morgan fingerprint density at radius 1 is 0.793 bits per heavy atom. The minimum Gasteiger partial charge on any atom is -0.478 e. The highest BCUT2D eigenvalue weighted by Gasteiger charge is 2.11. The van der Waals surface area contributed by atoms with E-state index in [-0.39, 0.29) is 11.1 Å². The third-order valence-electron chi connectivity index (χ3n) is 4.61. The highest BCUT2D eigenvalue weighted by atomic mass is 35.5. The van der Waals surface area contributed by atoms with Crippen LogP contribution in [0.2, 0.25) is 5.02 Å². The monoisotopic (exact) mass is 409 g/mol. The predicted octanol–water partition coefficient (Wildman–Crippen LogP) is 5.57. The van der Waals surface area contributed by atoms with Crippen molar-refractivity contribution in [3.8, 4) is 0 Å². The maximum atomic E-state index is 11.2. The summed E-state index contributed by atoms with van der Waals surface area (Å²) in [6.45, 7) is 1.98. The van der Waals surface area contributed by atoms with Crippen LogP contribution in [0.4, 0.5) is 11.4 Å². The van der Waals surface area contributed by atoms with Crippen molar-refractivity contribution >= 4 is 34.9 Å². The van der Waals surface area contributed by atoms with Crippen molar-refractivity contribution in [2.45, 2.75) is 19.8 Å². The number of benzene rings is 3. The average molecular weight is 410 g/mol. The smallest absolute Gasteiger partial charge is 0.335 e. The van der Waals surface area contributed by atoms with Gasteiger partial charge in [-0.1, -0.05) is 35.9 Å². The number of hydrogen-bond acceptors (Lipinski definition) is 3. The zero-order chi connectivity index (χ0) is 21.0. The Morgan fingerprint density at radius 3 is 1.90 bits per heavy atom. The molecule has 148 valence electrons. The number of anilines is 2. The molecule has 0 bridgehead atoms. The lowest BCUT2D eigenvalue weighted by atomic mass is 10.0. The molecule has 0 unspecified atom stereocenters. The molecule has 0 atom stereocenters. The van der Waals surface area contributed by atoms with E-state index in [0.29, 0.717) is 5.69 Å². The molecular weight excluding hydrogens is 390 g/mol. The Balaban J connectivity index is 1.69. The van der Waals surface area contributed by atoms with Gasteiger partial charge in [0.2, 0.25) is 0 Å². The Hall–Kier alpha value is -3.31. The first kappa shape index (κ1) is 20.4. The molecular formula is C23H20ClNO4. The van der Waals surface area contributed by atoms with Gasteiger partial charge in [0.25, 0.3) is 0 Å². The lowest BCUT2D eigenvalue weighted by Crippen LogP contribution is -2.04. The van der Waals surface area contributed by atoms with E-state index >= 15 is 0 Å². The highest BCUT2D eigenvalue weighted by molar-refractivity contribution is 6.31. The number of halogens is 1. The van der Waals surface area contributed by atoms with Crippen LogP contribution in [0.3, 0.4) is 0 Å². The van der Waals surface area contributed by atoms with Crippen molar-refractivity contribution in [1.29, 1.82) is 0 Å². The van der Waals surface area contributed by atoms with Crippen molar-refractivity contribution in [2.75, 3.05) is 5.32 Å². The zero-order valence-electron chi connectivity index (χ0n) is 15.8. The van der Waals surface area contributed by atoms with E-state index < -0.39 is 11.9 Å². The fourth-order valence-electron chi connectivity index (χ4n) is 2.95. The Labute approximate surface area is 173 Å². The number of aryl methyl sites for hydroxylation is 3. The molecule has 3 aromatic carbocycles. The minimum atomic E-state index is -1.18. The molecule has 5 nitrogen and oxygen atoms in total. The van der Waals surface area contributed by atoms with Crippen LogP contribution in [0, 0.1) is 6.92 Å². The molecule has 6 heteroatoms. The Morgan fingerprint density at radius 2 is 1.34 bits per heavy atom. The number of aromatic carboxylic acids is 2. The molecule has 29 heavy (non-hydrogen) atoms. The van der Waals surface area contributed by atoms with Crippen LogP contribution >= 0.6 is 11.6 Å². The van der Waals surface area contributed by atoms with Gasteiger partial charge in [-0.3, -0.25) is 0 Å². The molecule has 0 saturated heterocycles. The van der Waals surface area contributed by atoms with E-state index in [4.69, 9.17) is 11.6 Å². The van der Waals surface area contributed by atoms with Crippen LogP contribution < -0.4 is 5.32 Å². The maximum absolute atomic E-state index is 11.2. The minimum absolute atomic E-state index is 0.0826. The molecule has 0 radical (unpaired) electrons. The van der Waals surface area contributed by atoms with Gasteiger partial charge >= 0.3 is 11.9 Å². The first-order valence-electron chi connectivity index (χ1n) is 9.04. The van der Waals surface area contributed by atoms with Crippen LogP contribution in [0.1, 0.15) is 37.4 Å². The summed E-state index contributed by atoms with van der Waals surface area (Å²) in [6.07, 6.45) is 1.73. The molecule has 0 aliphatic heterocycles. The van der Waals surface area contributed by atoms with Crippen molar-refractivity contribution < 1.29 is 19.8 Å². The molecule has 3 rings (SSSR count). The van der Waals surface area contributed by atoms with Gasteiger partial charge in [-0.05, 0) is 72.9 Å². The first-order valence-corrected chi connectivity index (χ1v) is 9.42.